The summed E-state index contributed by atoms with van der Waals surface area (Å²) in [6.07, 6.45) is 7.95. The second kappa shape index (κ2) is 4.11. The highest BCUT2D eigenvalue weighted by Gasteiger charge is 2.04. The van der Waals surface area contributed by atoms with Crippen LogP contribution in [-0.4, -0.2) is 11.2 Å². The molecular formula is C12H12O2. The van der Waals surface area contributed by atoms with Crippen LogP contribution < -0.4 is 4.74 Å². The van der Waals surface area contributed by atoms with E-state index in [-0.39, 0.29) is 12.7 Å². The molecule has 0 amide bonds. The Hall–Kier alpha value is -1.54. The van der Waals surface area contributed by atoms with Crippen molar-refractivity contribution in [3.8, 4) is 5.75 Å². The Labute approximate surface area is 83.1 Å². The molecule has 0 radical (unpaired) electrons. The van der Waals surface area contributed by atoms with Gasteiger partial charge in [0.2, 0.25) is 0 Å². The van der Waals surface area contributed by atoms with Gasteiger partial charge < -0.3 is 9.84 Å². The highest BCUT2D eigenvalue weighted by molar-refractivity contribution is 5.29. The third-order valence-corrected chi connectivity index (χ3v) is 2.09. The van der Waals surface area contributed by atoms with Crippen molar-refractivity contribution in [3.63, 3.8) is 0 Å². The lowest BCUT2D eigenvalue weighted by Gasteiger charge is -2.09. The molecule has 72 valence electrons. The standard InChI is InChI=1S/C12H12O2/c13-9-10-5-7-12(8-6-10)14-11-3-1-2-4-11/h1-8,11,13H,9H2. The lowest BCUT2D eigenvalue weighted by molar-refractivity contribution is 0.280. The van der Waals surface area contributed by atoms with Crippen molar-refractivity contribution in [2.45, 2.75) is 12.7 Å². The van der Waals surface area contributed by atoms with Crippen molar-refractivity contribution in [3.05, 3.63) is 54.1 Å². The molecule has 0 saturated heterocycles. The maximum absolute atomic E-state index is 8.85. The summed E-state index contributed by atoms with van der Waals surface area (Å²) in [4.78, 5) is 0. The first-order chi connectivity index (χ1) is 6.88. The Kier molecular flexibility index (Phi) is 2.65. The smallest absolute Gasteiger partial charge is 0.136 e. The summed E-state index contributed by atoms with van der Waals surface area (Å²) in [7, 11) is 0. The van der Waals surface area contributed by atoms with E-state index in [9.17, 15) is 0 Å². The molecule has 0 aliphatic heterocycles. The van der Waals surface area contributed by atoms with Gasteiger partial charge in [0.1, 0.15) is 11.9 Å². The van der Waals surface area contributed by atoms with Gasteiger partial charge in [-0.1, -0.05) is 24.3 Å². The molecule has 0 spiro atoms. The van der Waals surface area contributed by atoms with E-state index in [0.29, 0.717) is 0 Å². The van der Waals surface area contributed by atoms with Crippen LogP contribution in [0.2, 0.25) is 0 Å². The van der Waals surface area contributed by atoms with E-state index in [0.717, 1.165) is 11.3 Å². The minimum Gasteiger partial charge on any atom is -0.482 e. The van der Waals surface area contributed by atoms with Crippen LogP contribution in [0.4, 0.5) is 0 Å². The molecule has 0 saturated carbocycles. The fourth-order valence-corrected chi connectivity index (χ4v) is 1.32. The van der Waals surface area contributed by atoms with Crippen LogP contribution >= 0.6 is 0 Å². The van der Waals surface area contributed by atoms with Gasteiger partial charge in [-0.25, -0.2) is 0 Å². The number of aliphatic hydroxyl groups is 1. The van der Waals surface area contributed by atoms with Gasteiger partial charge in [0.25, 0.3) is 0 Å². The van der Waals surface area contributed by atoms with Gasteiger partial charge in [0, 0.05) is 0 Å². The Morgan fingerprint density at radius 3 is 2.29 bits per heavy atom. The quantitative estimate of drug-likeness (QED) is 0.786. The maximum Gasteiger partial charge on any atom is 0.136 e. The molecule has 2 heteroatoms. The van der Waals surface area contributed by atoms with Crippen LogP contribution in [0.5, 0.6) is 5.75 Å². The summed E-state index contributed by atoms with van der Waals surface area (Å²) in [5.74, 6) is 0.823. The second-order valence-electron chi connectivity index (χ2n) is 3.15. The molecule has 0 aromatic heterocycles. The van der Waals surface area contributed by atoms with E-state index in [4.69, 9.17) is 9.84 Å². The number of aliphatic hydroxyl groups excluding tert-OH is 1. The van der Waals surface area contributed by atoms with E-state index in [1.807, 2.05) is 48.6 Å². The van der Waals surface area contributed by atoms with Crippen molar-refractivity contribution in [1.29, 1.82) is 0 Å². The first kappa shape index (κ1) is 9.03. The van der Waals surface area contributed by atoms with Crippen molar-refractivity contribution in [1.82, 2.24) is 0 Å². The zero-order valence-corrected chi connectivity index (χ0v) is 7.76. The van der Waals surface area contributed by atoms with E-state index in [1.54, 1.807) is 0 Å². The van der Waals surface area contributed by atoms with Crippen LogP contribution in [0, 0.1) is 0 Å². The molecule has 0 heterocycles. The zero-order valence-electron chi connectivity index (χ0n) is 7.76. The minimum atomic E-state index is 0.0509. The summed E-state index contributed by atoms with van der Waals surface area (Å²) in [6, 6.07) is 7.45. The Morgan fingerprint density at radius 2 is 1.71 bits per heavy atom. The normalized spacial score (nSPS) is 14.9. The molecule has 1 aliphatic rings. The number of hydrogen-bond donors (Lipinski definition) is 1. The van der Waals surface area contributed by atoms with Crippen LogP contribution in [0.3, 0.4) is 0 Å². The van der Waals surface area contributed by atoms with Gasteiger partial charge in [0.15, 0.2) is 0 Å². The van der Waals surface area contributed by atoms with Gasteiger partial charge >= 0.3 is 0 Å². The lowest BCUT2D eigenvalue weighted by atomic mass is 10.2. The highest BCUT2D eigenvalue weighted by atomic mass is 16.5. The molecule has 0 bridgehead atoms. The van der Waals surface area contributed by atoms with Crippen molar-refractivity contribution in [2.75, 3.05) is 0 Å². The Bertz CT molecular complexity index is 337. The van der Waals surface area contributed by atoms with Crippen molar-refractivity contribution < 1.29 is 9.84 Å². The van der Waals surface area contributed by atoms with Gasteiger partial charge in [-0.3, -0.25) is 0 Å². The third-order valence-electron chi connectivity index (χ3n) is 2.09. The fourth-order valence-electron chi connectivity index (χ4n) is 1.32. The molecule has 2 nitrogen and oxygen atoms in total. The summed E-state index contributed by atoms with van der Waals surface area (Å²) < 4.78 is 5.62. The summed E-state index contributed by atoms with van der Waals surface area (Å²) >= 11 is 0. The molecule has 2 rings (SSSR count). The van der Waals surface area contributed by atoms with Gasteiger partial charge in [-0.05, 0) is 29.8 Å². The topological polar surface area (TPSA) is 29.5 Å². The Morgan fingerprint density at radius 1 is 1.07 bits per heavy atom. The predicted molar refractivity (Wildman–Crippen MR) is 55.1 cm³/mol. The third kappa shape index (κ3) is 2.03. The van der Waals surface area contributed by atoms with Crippen molar-refractivity contribution >= 4 is 0 Å². The summed E-state index contributed by atoms with van der Waals surface area (Å²) in [5, 5.41) is 8.85. The molecule has 1 aromatic carbocycles. The number of ether oxygens (including phenoxy) is 1. The van der Waals surface area contributed by atoms with E-state index in [1.165, 1.54) is 0 Å². The molecule has 0 unspecified atom stereocenters. The highest BCUT2D eigenvalue weighted by Crippen LogP contribution is 2.16. The first-order valence-electron chi connectivity index (χ1n) is 4.60. The largest absolute Gasteiger partial charge is 0.482 e. The van der Waals surface area contributed by atoms with E-state index < -0.39 is 0 Å². The fraction of sp³-hybridized carbons (Fsp3) is 0.167. The number of hydrogen-bond acceptors (Lipinski definition) is 2. The van der Waals surface area contributed by atoms with Crippen LogP contribution in [0.25, 0.3) is 0 Å². The predicted octanol–water partition coefficient (Wildman–Crippen LogP) is 2.05. The van der Waals surface area contributed by atoms with Crippen LogP contribution in [0.15, 0.2) is 48.6 Å². The molecule has 1 N–H and O–H groups in total. The maximum atomic E-state index is 8.85. The second-order valence-corrected chi connectivity index (χ2v) is 3.15. The number of rotatable bonds is 3. The number of benzene rings is 1. The van der Waals surface area contributed by atoms with E-state index in [2.05, 4.69) is 0 Å². The van der Waals surface area contributed by atoms with Crippen LogP contribution in [-0.2, 0) is 6.61 Å². The SMILES string of the molecule is OCc1ccc(OC2C=CC=C2)cc1. The van der Waals surface area contributed by atoms with Crippen LogP contribution in [0.1, 0.15) is 5.56 Å². The Balaban J connectivity index is 2.02. The van der Waals surface area contributed by atoms with Gasteiger partial charge in [-0.15, -0.1) is 0 Å². The first-order valence-corrected chi connectivity index (χ1v) is 4.60. The lowest BCUT2D eigenvalue weighted by Crippen LogP contribution is -2.07. The molecular weight excluding hydrogens is 176 g/mol. The molecule has 14 heavy (non-hydrogen) atoms. The zero-order chi connectivity index (χ0) is 9.80. The van der Waals surface area contributed by atoms with Crippen molar-refractivity contribution in [2.24, 2.45) is 0 Å². The summed E-state index contributed by atoms with van der Waals surface area (Å²) in [6.45, 7) is 0.0729. The van der Waals surface area contributed by atoms with Gasteiger partial charge in [-0.2, -0.15) is 0 Å². The average Bonchev–Trinajstić information content (AvgIpc) is 2.72. The molecule has 0 fully saturated rings. The number of allylic oxidation sites excluding steroid dienone is 2. The molecule has 1 aliphatic carbocycles. The minimum absolute atomic E-state index is 0.0509. The van der Waals surface area contributed by atoms with E-state index >= 15 is 0 Å². The van der Waals surface area contributed by atoms with Gasteiger partial charge in [0.05, 0.1) is 6.61 Å². The molecule has 1 aromatic rings. The summed E-state index contributed by atoms with van der Waals surface area (Å²) in [5.41, 5.74) is 0.898. The molecule has 0 atom stereocenters. The average molecular weight is 188 g/mol. The monoisotopic (exact) mass is 188 g/mol.